The van der Waals surface area contributed by atoms with Crippen LogP contribution in [0.2, 0.25) is 0 Å². The van der Waals surface area contributed by atoms with E-state index in [9.17, 15) is 19.5 Å². The molecule has 2 heterocycles. The minimum atomic E-state index is -0.823. The second kappa shape index (κ2) is 12.1. The highest BCUT2D eigenvalue weighted by Gasteiger charge is 2.52. The van der Waals surface area contributed by atoms with Crippen molar-refractivity contribution in [3.8, 4) is 0 Å². The van der Waals surface area contributed by atoms with Crippen molar-refractivity contribution in [3.05, 3.63) is 106 Å². The largest absolute Gasteiger partial charge is 0.510 e. The van der Waals surface area contributed by atoms with Crippen molar-refractivity contribution >= 4 is 40.9 Å². The molecular formula is C28H28N2O5S2. The molecule has 7 nitrogen and oxygen atoms in total. The van der Waals surface area contributed by atoms with Crippen LogP contribution in [0.25, 0.3) is 0 Å². The fourth-order valence-electron chi connectivity index (χ4n) is 4.14. The number of aliphatic hydroxyl groups is 1. The molecule has 192 valence electrons. The lowest BCUT2D eigenvalue weighted by atomic mass is 10.0. The number of amides is 2. The van der Waals surface area contributed by atoms with Crippen LogP contribution in [0.5, 0.6) is 0 Å². The molecule has 2 atom stereocenters. The van der Waals surface area contributed by atoms with Gasteiger partial charge >= 0.3 is 5.97 Å². The molecule has 2 aromatic carbocycles. The van der Waals surface area contributed by atoms with Crippen molar-refractivity contribution in [1.82, 2.24) is 10.2 Å². The maximum atomic E-state index is 13.5. The molecule has 9 heteroatoms. The molecule has 0 unspecified atom stereocenters. The third kappa shape index (κ3) is 6.06. The van der Waals surface area contributed by atoms with Gasteiger partial charge in [0, 0.05) is 4.88 Å². The van der Waals surface area contributed by atoms with Crippen LogP contribution in [0.1, 0.15) is 36.0 Å². The maximum absolute atomic E-state index is 13.5. The van der Waals surface area contributed by atoms with Crippen molar-refractivity contribution < 1.29 is 24.2 Å². The number of hydrogen-bond donors (Lipinski definition) is 2. The van der Waals surface area contributed by atoms with E-state index in [1.807, 2.05) is 85.1 Å². The summed E-state index contributed by atoms with van der Waals surface area (Å²) in [4.78, 5) is 41.4. The van der Waals surface area contributed by atoms with Gasteiger partial charge in [0.25, 0.3) is 5.91 Å². The van der Waals surface area contributed by atoms with Gasteiger partial charge in [-0.15, -0.1) is 23.1 Å². The number of allylic oxidation sites excluding steroid dienone is 1. The molecule has 3 aromatic rings. The Bertz CT molecular complexity index is 1220. The highest BCUT2D eigenvalue weighted by atomic mass is 32.2. The van der Waals surface area contributed by atoms with Crippen LogP contribution in [0.15, 0.2) is 89.6 Å². The number of carbonyl (C=O) groups excluding carboxylic acids is 3. The van der Waals surface area contributed by atoms with Gasteiger partial charge in [0.1, 0.15) is 17.2 Å². The SMILES string of the molecule is CCS[C@@H]1[C@H](NC(=O)Cc2cccs2)C(=O)N1/C(C(=O)OC(c1ccccc1)c1ccccc1)=C(\C)O. The third-order valence-electron chi connectivity index (χ3n) is 5.82. The van der Waals surface area contributed by atoms with E-state index >= 15 is 0 Å². The van der Waals surface area contributed by atoms with E-state index in [0.717, 1.165) is 16.0 Å². The third-order valence-corrected chi connectivity index (χ3v) is 7.85. The predicted octanol–water partition coefficient (Wildman–Crippen LogP) is 4.82. The zero-order chi connectivity index (χ0) is 26.4. The molecule has 0 saturated carbocycles. The summed E-state index contributed by atoms with van der Waals surface area (Å²) in [7, 11) is 0. The van der Waals surface area contributed by atoms with Crippen LogP contribution in [-0.2, 0) is 25.5 Å². The highest BCUT2D eigenvalue weighted by Crippen LogP contribution is 2.36. The van der Waals surface area contributed by atoms with Crippen molar-refractivity contribution in [2.75, 3.05) is 5.75 Å². The summed E-state index contributed by atoms with van der Waals surface area (Å²) in [5.41, 5.74) is 1.28. The Morgan fingerprint density at radius 2 is 1.68 bits per heavy atom. The van der Waals surface area contributed by atoms with E-state index < -0.39 is 29.4 Å². The second-order valence-electron chi connectivity index (χ2n) is 8.40. The summed E-state index contributed by atoms with van der Waals surface area (Å²) < 4.78 is 5.92. The number of aliphatic hydroxyl groups excluding tert-OH is 1. The Labute approximate surface area is 224 Å². The van der Waals surface area contributed by atoms with Crippen LogP contribution in [0, 0.1) is 0 Å². The van der Waals surface area contributed by atoms with E-state index in [-0.39, 0.29) is 23.8 Å². The number of rotatable bonds is 10. The van der Waals surface area contributed by atoms with E-state index in [1.54, 1.807) is 0 Å². The fraction of sp³-hybridized carbons (Fsp3) is 0.250. The molecule has 1 fully saturated rings. The Hall–Kier alpha value is -3.56. The first-order chi connectivity index (χ1) is 17.9. The number of β-lactam (4-membered cyclic amide) rings is 1. The number of carbonyl (C=O) groups is 3. The number of nitrogens with zero attached hydrogens (tertiary/aromatic N) is 1. The van der Waals surface area contributed by atoms with Gasteiger partial charge in [-0.3, -0.25) is 14.5 Å². The quantitative estimate of drug-likeness (QED) is 0.167. The smallest absolute Gasteiger partial charge is 0.359 e. The summed E-state index contributed by atoms with van der Waals surface area (Å²) in [6, 6.07) is 21.5. The normalized spacial score (nSPS) is 17.7. The Morgan fingerprint density at radius 1 is 1.05 bits per heavy atom. The first-order valence-corrected chi connectivity index (χ1v) is 13.8. The highest BCUT2D eigenvalue weighted by molar-refractivity contribution is 8.00. The number of benzene rings is 2. The van der Waals surface area contributed by atoms with E-state index in [2.05, 4.69) is 5.32 Å². The first-order valence-electron chi connectivity index (χ1n) is 11.9. The average Bonchev–Trinajstić information content (AvgIpc) is 3.42. The summed E-state index contributed by atoms with van der Waals surface area (Å²) in [5, 5.41) is 14.6. The van der Waals surface area contributed by atoms with Gasteiger partial charge in [-0.2, -0.15) is 0 Å². The van der Waals surface area contributed by atoms with Gasteiger partial charge in [0.2, 0.25) is 5.91 Å². The Kier molecular flexibility index (Phi) is 8.68. The van der Waals surface area contributed by atoms with Crippen molar-refractivity contribution in [2.45, 2.75) is 37.8 Å². The molecule has 1 aliphatic rings. The maximum Gasteiger partial charge on any atom is 0.359 e. The van der Waals surface area contributed by atoms with Crippen LogP contribution >= 0.6 is 23.1 Å². The lowest BCUT2D eigenvalue weighted by molar-refractivity contribution is -0.154. The topological polar surface area (TPSA) is 95.9 Å². The van der Waals surface area contributed by atoms with Gasteiger partial charge in [0.05, 0.1) is 6.42 Å². The zero-order valence-electron chi connectivity index (χ0n) is 20.5. The number of esters is 1. The van der Waals surface area contributed by atoms with Crippen LogP contribution in [-0.4, -0.2) is 45.0 Å². The van der Waals surface area contributed by atoms with Gasteiger partial charge in [-0.25, -0.2) is 4.79 Å². The lowest BCUT2D eigenvalue weighted by Crippen LogP contribution is -2.69. The molecule has 37 heavy (non-hydrogen) atoms. The molecule has 2 amide bonds. The van der Waals surface area contributed by atoms with Crippen LogP contribution in [0.4, 0.5) is 0 Å². The average molecular weight is 537 g/mol. The molecule has 0 radical (unpaired) electrons. The molecule has 1 aliphatic heterocycles. The first kappa shape index (κ1) is 26.5. The minimum Gasteiger partial charge on any atom is -0.510 e. The van der Waals surface area contributed by atoms with E-state index in [1.165, 1.54) is 34.9 Å². The lowest BCUT2D eigenvalue weighted by Gasteiger charge is -2.46. The predicted molar refractivity (Wildman–Crippen MR) is 145 cm³/mol. The van der Waals surface area contributed by atoms with Gasteiger partial charge in [0.15, 0.2) is 11.8 Å². The van der Waals surface area contributed by atoms with Crippen molar-refractivity contribution in [1.29, 1.82) is 0 Å². The number of thioether (sulfide) groups is 1. The number of ether oxygens (including phenoxy) is 1. The molecule has 0 aliphatic carbocycles. The molecular weight excluding hydrogens is 508 g/mol. The Balaban J connectivity index is 1.55. The summed E-state index contributed by atoms with van der Waals surface area (Å²) >= 11 is 2.87. The fourth-order valence-corrected chi connectivity index (χ4v) is 5.92. The van der Waals surface area contributed by atoms with Gasteiger partial charge < -0.3 is 15.2 Å². The second-order valence-corrected chi connectivity index (χ2v) is 10.8. The molecule has 4 rings (SSSR count). The number of nitrogens with one attached hydrogen (secondary N) is 1. The molecule has 2 N–H and O–H groups in total. The molecule has 0 spiro atoms. The molecule has 1 saturated heterocycles. The van der Waals surface area contributed by atoms with E-state index in [0.29, 0.717) is 5.75 Å². The molecule has 0 bridgehead atoms. The van der Waals surface area contributed by atoms with Crippen LogP contribution < -0.4 is 5.32 Å². The van der Waals surface area contributed by atoms with Crippen molar-refractivity contribution in [2.24, 2.45) is 0 Å². The van der Waals surface area contributed by atoms with E-state index in [4.69, 9.17) is 4.74 Å². The summed E-state index contributed by atoms with van der Waals surface area (Å²) in [5.74, 6) is -1.26. The summed E-state index contributed by atoms with van der Waals surface area (Å²) in [6.45, 7) is 3.27. The zero-order valence-corrected chi connectivity index (χ0v) is 22.1. The standard InChI is InChI=1S/C28H28N2O5S2/c1-3-36-27-23(29-22(32)17-21-15-10-16-37-21)26(33)30(27)24(18(2)31)28(34)35-25(19-11-6-4-7-12-19)20-13-8-5-9-14-20/h4-16,23,25,27,31H,3,17H2,1-2H3,(H,29,32)/b24-18+/t23-,27-/m1/s1. The van der Waals surface area contributed by atoms with Crippen LogP contribution in [0.3, 0.4) is 0 Å². The number of hydrogen-bond acceptors (Lipinski definition) is 7. The van der Waals surface area contributed by atoms with Crippen molar-refractivity contribution in [3.63, 3.8) is 0 Å². The Morgan fingerprint density at radius 3 is 2.19 bits per heavy atom. The minimum absolute atomic E-state index is 0.171. The molecule has 1 aromatic heterocycles. The van der Waals surface area contributed by atoms with Gasteiger partial charge in [-0.05, 0) is 35.2 Å². The summed E-state index contributed by atoms with van der Waals surface area (Å²) in [6.07, 6.45) is -0.566. The number of thiophene rings is 1. The number of likely N-dealkylation sites (tertiary alicyclic amines) is 1. The monoisotopic (exact) mass is 536 g/mol. The van der Waals surface area contributed by atoms with Gasteiger partial charge in [-0.1, -0.05) is 73.7 Å².